The Kier molecular flexibility index (Phi) is 4.03. The van der Waals surface area contributed by atoms with Gasteiger partial charge in [-0.2, -0.15) is 0 Å². The summed E-state index contributed by atoms with van der Waals surface area (Å²) in [5.41, 5.74) is 3.79. The normalized spacial score (nSPS) is 10.9. The van der Waals surface area contributed by atoms with Crippen LogP contribution in [-0.4, -0.2) is 21.1 Å². The van der Waals surface area contributed by atoms with Crippen molar-refractivity contribution in [2.75, 3.05) is 5.32 Å². The Morgan fingerprint density at radius 1 is 1.12 bits per heavy atom. The number of hydrogen-bond donors (Lipinski definition) is 2. The monoisotopic (exact) mass is 348 g/mol. The molecule has 1 amide bonds. The summed E-state index contributed by atoms with van der Waals surface area (Å²) >= 11 is 1.39. The number of nitrogens with zero attached hydrogens (tertiary/aromatic N) is 2. The van der Waals surface area contributed by atoms with E-state index < -0.39 is 0 Å². The minimum atomic E-state index is -0.212. The third kappa shape index (κ3) is 3.44. The molecular formula is C19H16N4OS. The summed E-state index contributed by atoms with van der Waals surface area (Å²) in [5, 5.41) is 13.4. The molecule has 2 heterocycles. The van der Waals surface area contributed by atoms with Crippen LogP contribution in [0.1, 0.15) is 26.6 Å². The molecule has 0 atom stereocenters. The molecule has 0 saturated carbocycles. The average molecular weight is 348 g/mol. The van der Waals surface area contributed by atoms with Gasteiger partial charge in [-0.15, -0.1) is 10.2 Å². The summed E-state index contributed by atoms with van der Waals surface area (Å²) < 4.78 is 0. The minimum Gasteiger partial charge on any atom is -0.351 e. The number of rotatable bonds is 4. The van der Waals surface area contributed by atoms with Crippen LogP contribution in [0, 0.1) is 6.92 Å². The van der Waals surface area contributed by atoms with E-state index in [0.717, 1.165) is 21.5 Å². The zero-order valence-corrected chi connectivity index (χ0v) is 14.4. The van der Waals surface area contributed by atoms with Gasteiger partial charge in [-0.3, -0.25) is 10.1 Å². The molecule has 0 saturated heterocycles. The predicted octanol–water partition coefficient (Wildman–Crippen LogP) is 4.17. The molecule has 6 heteroatoms. The number of H-pyrrole nitrogens is 1. The van der Waals surface area contributed by atoms with E-state index in [2.05, 4.69) is 20.5 Å². The van der Waals surface area contributed by atoms with Crippen molar-refractivity contribution in [1.29, 1.82) is 0 Å². The highest BCUT2D eigenvalue weighted by Crippen LogP contribution is 2.21. The van der Waals surface area contributed by atoms with Gasteiger partial charge in [0.05, 0.1) is 0 Å². The van der Waals surface area contributed by atoms with Gasteiger partial charge in [-0.1, -0.05) is 53.3 Å². The van der Waals surface area contributed by atoms with Gasteiger partial charge in [-0.25, -0.2) is 0 Å². The highest BCUT2D eigenvalue weighted by atomic mass is 32.1. The van der Waals surface area contributed by atoms with Crippen LogP contribution in [0.5, 0.6) is 0 Å². The number of aryl methyl sites for hydroxylation is 1. The maximum atomic E-state index is 12.4. The van der Waals surface area contributed by atoms with Gasteiger partial charge in [0.15, 0.2) is 0 Å². The van der Waals surface area contributed by atoms with Gasteiger partial charge in [0.25, 0.3) is 5.91 Å². The molecule has 2 aromatic carbocycles. The number of anilines is 1. The standard InChI is InChI=1S/C19H16N4OS/c1-12-7-8-15-14(9-12)11-16(20-15)18(24)21-19-23-22-17(25-19)10-13-5-3-2-4-6-13/h2-9,11,20H,10H2,1H3,(H,21,23,24). The zero-order valence-electron chi connectivity index (χ0n) is 13.6. The van der Waals surface area contributed by atoms with E-state index in [0.29, 0.717) is 17.2 Å². The second kappa shape index (κ2) is 6.49. The Balaban J connectivity index is 1.48. The topological polar surface area (TPSA) is 70.7 Å². The molecule has 2 N–H and O–H groups in total. The van der Waals surface area contributed by atoms with E-state index in [1.54, 1.807) is 0 Å². The number of nitrogens with one attached hydrogen (secondary N) is 2. The van der Waals surface area contributed by atoms with E-state index in [1.807, 2.05) is 61.5 Å². The summed E-state index contributed by atoms with van der Waals surface area (Å²) in [5.74, 6) is -0.212. The molecular weight excluding hydrogens is 332 g/mol. The average Bonchev–Trinajstić information content (AvgIpc) is 3.22. The van der Waals surface area contributed by atoms with Crippen molar-refractivity contribution in [3.8, 4) is 0 Å². The number of aromatic amines is 1. The smallest absolute Gasteiger partial charge is 0.273 e. The predicted molar refractivity (Wildman–Crippen MR) is 100 cm³/mol. The first kappa shape index (κ1) is 15.5. The number of aromatic nitrogens is 3. The van der Waals surface area contributed by atoms with Crippen LogP contribution in [0.2, 0.25) is 0 Å². The van der Waals surface area contributed by atoms with Crippen molar-refractivity contribution < 1.29 is 4.79 Å². The van der Waals surface area contributed by atoms with Crippen LogP contribution in [-0.2, 0) is 6.42 Å². The van der Waals surface area contributed by atoms with Crippen molar-refractivity contribution in [2.45, 2.75) is 13.3 Å². The Bertz CT molecular complexity index is 1040. The fourth-order valence-corrected chi connectivity index (χ4v) is 3.45. The van der Waals surface area contributed by atoms with Gasteiger partial charge >= 0.3 is 0 Å². The minimum absolute atomic E-state index is 0.212. The first-order chi connectivity index (χ1) is 12.2. The quantitative estimate of drug-likeness (QED) is 0.581. The molecule has 0 unspecified atom stereocenters. The van der Waals surface area contributed by atoms with E-state index >= 15 is 0 Å². The van der Waals surface area contributed by atoms with E-state index in [1.165, 1.54) is 16.9 Å². The molecule has 0 bridgehead atoms. The molecule has 0 radical (unpaired) electrons. The first-order valence-corrected chi connectivity index (χ1v) is 8.76. The van der Waals surface area contributed by atoms with Crippen molar-refractivity contribution in [3.05, 3.63) is 76.4 Å². The maximum absolute atomic E-state index is 12.4. The third-order valence-corrected chi connectivity index (χ3v) is 4.75. The molecule has 124 valence electrons. The van der Waals surface area contributed by atoms with E-state index in [4.69, 9.17) is 0 Å². The number of carbonyl (C=O) groups excluding carboxylic acids is 1. The highest BCUT2D eigenvalue weighted by molar-refractivity contribution is 7.15. The van der Waals surface area contributed by atoms with Crippen LogP contribution < -0.4 is 5.32 Å². The molecule has 4 aromatic rings. The molecule has 0 spiro atoms. The second-order valence-corrected chi connectivity index (χ2v) is 6.95. The van der Waals surface area contributed by atoms with Crippen LogP contribution in [0.15, 0.2) is 54.6 Å². The maximum Gasteiger partial charge on any atom is 0.273 e. The molecule has 4 rings (SSSR count). The van der Waals surface area contributed by atoms with Crippen molar-refractivity contribution in [1.82, 2.24) is 15.2 Å². The molecule has 0 aliphatic heterocycles. The lowest BCUT2D eigenvalue weighted by molar-refractivity contribution is 0.102. The SMILES string of the molecule is Cc1ccc2[nH]c(C(=O)Nc3nnc(Cc4ccccc4)s3)cc2c1. The van der Waals surface area contributed by atoms with E-state index in [9.17, 15) is 4.79 Å². The highest BCUT2D eigenvalue weighted by Gasteiger charge is 2.13. The van der Waals surface area contributed by atoms with Gasteiger partial charge in [-0.05, 0) is 30.7 Å². The second-order valence-electron chi connectivity index (χ2n) is 5.89. The fraction of sp³-hybridized carbons (Fsp3) is 0.105. The number of benzene rings is 2. The lowest BCUT2D eigenvalue weighted by Crippen LogP contribution is -2.11. The molecule has 0 fully saturated rings. The Labute approximate surface area is 148 Å². The Morgan fingerprint density at radius 2 is 1.96 bits per heavy atom. The molecule has 2 aromatic heterocycles. The third-order valence-electron chi connectivity index (χ3n) is 3.91. The fourth-order valence-electron chi connectivity index (χ4n) is 2.68. The number of hydrogen-bond acceptors (Lipinski definition) is 4. The molecule has 0 aliphatic carbocycles. The van der Waals surface area contributed by atoms with Crippen LogP contribution in [0.25, 0.3) is 10.9 Å². The lowest BCUT2D eigenvalue weighted by atomic mass is 10.2. The van der Waals surface area contributed by atoms with Crippen LogP contribution >= 0.6 is 11.3 Å². The van der Waals surface area contributed by atoms with Gasteiger partial charge in [0.2, 0.25) is 5.13 Å². The molecule has 25 heavy (non-hydrogen) atoms. The number of carbonyl (C=O) groups is 1. The molecule has 5 nitrogen and oxygen atoms in total. The molecule has 0 aliphatic rings. The van der Waals surface area contributed by atoms with Gasteiger partial charge < -0.3 is 4.98 Å². The first-order valence-electron chi connectivity index (χ1n) is 7.94. The lowest BCUT2D eigenvalue weighted by Gasteiger charge is -1.97. The summed E-state index contributed by atoms with van der Waals surface area (Å²) in [6.07, 6.45) is 0.708. The van der Waals surface area contributed by atoms with Crippen LogP contribution in [0.3, 0.4) is 0 Å². The zero-order chi connectivity index (χ0) is 17.2. The summed E-state index contributed by atoms with van der Waals surface area (Å²) in [6, 6.07) is 18.0. The van der Waals surface area contributed by atoms with Crippen molar-refractivity contribution >= 4 is 33.3 Å². The Hall–Kier alpha value is -2.99. The van der Waals surface area contributed by atoms with E-state index in [-0.39, 0.29) is 5.91 Å². The Morgan fingerprint density at radius 3 is 2.80 bits per heavy atom. The van der Waals surface area contributed by atoms with Crippen molar-refractivity contribution in [2.24, 2.45) is 0 Å². The summed E-state index contributed by atoms with van der Waals surface area (Å²) in [4.78, 5) is 15.6. The van der Waals surface area contributed by atoms with Gasteiger partial charge in [0, 0.05) is 17.3 Å². The van der Waals surface area contributed by atoms with Crippen molar-refractivity contribution in [3.63, 3.8) is 0 Å². The largest absolute Gasteiger partial charge is 0.351 e. The number of fused-ring (bicyclic) bond motifs is 1. The van der Waals surface area contributed by atoms with Gasteiger partial charge in [0.1, 0.15) is 10.7 Å². The summed E-state index contributed by atoms with van der Waals surface area (Å²) in [7, 11) is 0. The summed E-state index contributed by atoms with van der Waals surface area (Å²) in [6.45, 7) is 2.03. The van der Waals surface area contributed by atoms with Crippen LogP contribution in [0.4, 0.5) is 5.13 Å². The number of amides is 1.